The van der Waals surface area contributed by atoms with Crippen molar-refractivity contribution in [3.8, 4) is 0 Å². The summed E-state index contributed by atoms with van der Waals surface area (Å²) >= 11 is 5.70. The molecule has 0 radical (unpaired) electrons. The van der Waals surface area contributed by atoms with Gasteiger partial charge in [-0.05, 0) is 51.1 Å². The van der Waals surface area contributed by atoms with Gasteiger partial charge in [0.2, 0.25) is 0 Å². The van der Waals surface area contributed by atoms with Gasteiger partial charge >= 0.3 is 0 Å². The van der Waals surface area contributed by atoms with Crippen molar-refractivity contribution in [2.75, 3.05) is 20.1 Å². The number of likely N-dealkylation sites (N-methyl/N-ethyl adjacent to an activating group) is 1. The van der Waals surface area contributed by atoms with Gasteiger partial charge in [-0.2, -0.15) is 0 Å². The Labute approximate surface area is 119 Å². The molecule has 2 unspecified atom stereocenters. The van der Waals surface area contributed by atoms with E-state index in [2.05, 4.69) is 24.2 Å². The van der Waals surface area contributed by atoms with E-state index in [4.69, 9.17) is 11.6 Å². The zero-order chi connectivity index (χ0) is 13.8. The van der Waals surface area contributed by atoms with Crippen molar-refractivity contribution in [3.05, 3.63) is 34.6 Å². The summed E-state index contributed by atoms with van der Waals surface area (Å²) in [5.74, 6) is -0.345. The van der Waals surface area contributed by atoms with Gasteiger partial charge in [0, 0.05) is 18.6 Å². The van der Waals surface area contributed by atoms with E-state index in [-0.39, 0.29) is 16.9 Å². The fraction of sp³-hybridized carbons (Fsp3) is 0.600. The van der Waals surface area contributed by atoms with Gasteiger partial charge in [-0.15, -0.1) is 0 Å². The van der Waals surface area contributed by atoms with E-state index in [1.165, 1.54) is 31.9 Å². The lowest BCUT2D eigenvalue weighted by Gasteiger charge is -2.33. The predicted molar refractivity (Wildman–Crippen MR) is 78.1 cm³/mol. The second kappa shape index (κ2) is 6.69. The quantitative estimate of drug-likeness (QED) is 0.908. The fourth-order valence-corrected chi connectivity index (χ4v) is 2.73. The Kier molecular flexibility index (Phi) is 5.20. The Bertz CT molecular complexity index is 425. The topological polar surface area (TPSA) is 15.3 Å². The average molecular weight is 285 g/mol. The van der Waals surface area contributed by atoms with Crippen molar-refractivity contribution in [2.24, 2.45) is 0 Å². The summed E-state index contributed by atoms with van der Waals surface area (Å²) in [4.78, 5) is 2.41. The zero-order valence-corrected chi connectivity index (χ0v) is 12.4. The van der Waals surface area contributed by atoms with Crippen LogP contribution in [0.3, 0.4) is 0 Å². The smallest absolute Gasteiger partial charge is 0.142 e. The monoisotopic (exact) mass is 284 g/mol. The molecule has 0 aliphatic carbocycles. The summed E-state index contributed by atoms with van der Waals surface area (Å²) < 4.78 is 13.4. The molecule has 0 amide bonds. The first kappa shape index (κ1) is 14.8. The normalized spacial score (nSPS) is 22.4. The lowest BCUT2D eigenvalue weighted by molar-refractivity contribution is 0.178. The molecule has 1 aromatic rings. The molecule has 19 heavy (non-hydrogen) atoms. The largest absolute Gasteiger partial charge is 0.309 e. The maximum Gasteiger partial charge on any atom is 0.142 e. The number of benzene rings is 1. The van der Waals surface area contributed by atoms with Crippen LogP contribution in [0.25, 0.3) is 0 Å². The van der Waals surface area contributed by atoms with Crippen molar-refractivity contribution in [2.45, 2.75) is 38.3 Å². The Morgan fingerprint density at radius 2 is 2.26 bits per heavy atom. The fourth-order valence-electron chi connectivity index (χ4n) is 2.61. The van der Waals surface area contributed by atoms with E-state index in [0.717, 1.165) is 12.1 Å². The Morgan fingerprint density at radius 3 is 2.95 bits per heavy atom. The molecular weight excluding hydrogens is 263 g/mol. The van der Waals surface area contributed by atoms with Gasteiger partial charge in [0.05, 0.1) is 5.02 Å². The van der Waals surface area contributed by atoms with E-state index >= 15 is 0 Å². The molecule has 1 aromatic carbocycles. The third-order valence-electron chi connectivity index (χ3n) is 4.02. The molecule has 2 rings (SSSR count). The molecule has 2 atom stereocenters. The summed E-state index contributed by atoms with van der Waals surface area (Å²) in [5, 5.41) is 3.68. The number of piperidine rings is 1. The number of rotatable bonds is 4. The van der Waals surface area contributed by atoms with Crippen LogP contribution in [0.4, 0.5) is 4.39 Å². The van der Waals surface area contributed by atoms with E-state index in [1.807, 2.05) is 6.07 Å². The van der Waals surface area contributed by atoms with Crippen molar-refractivity contribution in [3.63, 3.8) is 0 Å². The SMILES string of the molecule is CC(NCC1CCCCN1C)c1ccc(Cl)c(F)c1. The van der Waals surface area contributed by atoms with Crippen molar-refractivity contribution in [1.82, 2.24) is 10.2 Å². The van der Waals surface area contributed by atoms with E-state index in [9.17, 15) is 4.39 Å². The summed E-state index contributed by atoms with van der Waals surface area (Å²) in [6, 6.07) is 5.76. The lowest BCUT2D eigenvalue weighted by atomic mass is 10.0. The maximum absolute atomic E-state index is 13.4. The van der Waals surface area contributed by atoms with E-state index in [0.29, 0.717) is 6.04 Å². The second-order valence-electron chi connectivity index (χ2n) is 5.43. The molecule has 106 valence electrons. The minimum Gasteiger partial charge on any atom is -0.309 e. The number of hydrogen-bond acceptors (Lipinski definition) is 2. The van der Waals surface area contributed by atoms with Gasteiger partial charge in [-0.3, -0.25) is 0 Å². The van der Waals surface area contributed by atoms with Gasteiger partial charge in [-0.1, -0.05) is 24.1 Å². The molecule has 0 saturated carbocycles. The van der Waals surface area contributed by atoms with Crippen LogP contribution >= 0.6 is 11.6 Å². The Balaban J connectivity index is 1.89. The number of halogens is 2. The Morgan fingerprint density at radius 1 is 1.47 bits per heavy atom. The van der Waals surface area contributed by atoms with Gasteiger partial charge in [0.15, 0.2) is 0 Å². The van der Waals surface area contributed by atoms with Gasteiger partial charge in [-0.25, -0.2) is 4.39 Å². The zero-order valence-electron chi connectivity index (χ0n) is 11.6. The van der Waals surface area contributed by atoms with Crippen LogP contribution in [0.5, 0.6) is 0 Å². The molecule has 1 heterocycles. The first-order valence-corrected chi connectivity index (χ1v) is 7.34. The molecule has 4 heteroatoms. The van der Waals surface area contributed by atoms with Crippen LogP contribution in [0.1, 0.15) is 37.8 Å². The van der Waals surface area contributed by atoms with E-state index in [1.54, 1.807) is 6.07 Å². The third kappa shape index (κ3) is 3.91. The predicted octanol–water partition coefficient (Wildman–Crippen LogP) is 3.61. The Hall–Kier alpha value is -0.640. The highest BCUT2D eigenvalue weighted by Crippen LogP contribution is 2.21. The highest BCUT2D eigenvalue weighted by molar-refractivity contribution is 6.30. The van der Waals surface area contributed by atoms with Gasteiger partial charge in [0.1, 0.15) is 5.82 Å². The van der Waals surface area contributed by atoms with Crippen LogP contribution < -0.4 is 5.32 Å². The first-order chi connectivity index (χ1) is 9.08. The number of hydrogen-bond donors (Lipinski definition) is 1. The molecule has 0 aromatic heterocycles. The van der Waals surface area contributed by atoms with Crippen molar-refractivity contribution < 1.29 is 4.39 Å². The van der Waals surface area contributed by atoms with Crippen LogP contribution in [-0.4, -0.2) is 31.1 Å². The third-order valence-corrected chi connectivity index (χ3v) is 4.33. The first-order valence-electron chi connectivity index (χ1n) is 6.96. The van der Waals surface area contributed by atoms with Crippen LogP contribution in [0.15, 0.2) is 18.2 Å². The lowest BCUT2D eigenvalue weighted by Crippen LogP contribution is -2.43. The average Bonchev–Trinajstić information content (AvgIpc) is 2.40. The molecule has 2 nitrogen and oxygen atoms in total. The molecule has 0 bridgehead atoms. The van der Waals surface area contributed by atoms with Crippen molar-refractivity contribution >= 4 is 11.6 Å². The number of nitrogens with one attached hydrogen (secondary N) is 1. The van der Waals surface area contributed by atoms with Gasteiger partial charge in [0.25, 0.3) is 0 Å². The molecule has 1 fully saturated rings. The minimum absolute atomic E-state index is 0.141. The summed E-state index contributed by atoms with van der Waals surface area (Å²) in [6.07, 6.45) is 3.84. The van der Waals surface area contributed by atoms with Crippen LogP contribution in [-0.2, 0) is 0 Å². The van der Waals surface area contributed by atoms with Crippen LogP contribution in [0, 0.1) is 5.82 Å². The molecule has 0 spiro atoms. The second-order valence-corrected chi connectivity index (χ2v) is 5.84. The highest BCUT2D eigenvalue weighted by atomic mass is 35.5. The van der Waals surface area contributed by atoms with Gasteiger partial charge < -0.3 is 10.2 Å². The molecule has 1 N–H and O–H groups in total. The summed E-state index contributed by atoms with van der Waals surface area (Å²) in [6.45, 7) is 4.18. The summed E-state index contributed by atoms with van der Waals surface area (Å²) in [7, 11) is 2.18. The number of nitrogens with zero attached hydrogens (tertiary/aromatic N) is 1. The number of likely N-dealkylation sites (tertiary alicyclic amines) is 1. The summed E-state index contributed by atoms with van der Waals surface area (Å²) in [5.41, 5.74) is 0.945. The van der Waals surface area contributed by atoms with Crippen LogP contribution in [0.2, 0.25) is 5.02 Å². The molecule has 1 aliphatic heterocycles. The minimum atomic E-state index is -0.345. The highest BCUT2D eigenvalue weighted by Gasteiger charge is 2.19. The van der Waals surface area contributed by atoms with E-state index < -0.39 is 0 Å². The maximum atomic E-state index is 13.4. The standard InChI is InChI=1S/C15H22ClFN2/c1-11(12-6-7-14(16)15(17)9-12)18-10-13-5-3-4-8-19(13)2/h6-7,9,11,13,18H,3-5,8,10H2,1-2H3. The van der Waals surface area contributed by atoms with Crippen molar-refractivity contribution in [1.29, 1.82) is 0 Å². The molecule has 1 aliphatic rings. The molecular formula is C15H22ClFN2. The molecule has 1 saturated heterocycles.